The number of hydrogen-bond acceptors (Lipinski definition) is 4. The summed E-state index contributed by atoms with van der Waals surface area (Å²) in [5.41, 5.74) is 1.30. The predicted octanol–water partition coefficient (Wildman–Crippen LogP) is 5.29. The molecule has 0 aliphatic carbocycles. The highest BCUT2D eigenvalue weighted by Crippen LogP contribution is 2.48. The number of carbonyl (C=O) groups is 2. The van der Waals surface area contributed by atoms with Crippen molar-refractivity contribution in [1.29, 1.82) is 0 Å². The van der Waals surface area contributed by atoms with Crippen LogP contribution in [0.4, 0.5) is 10.5 Å². The number of ether oxygens (including phenoxy) is 2. The Labute approximate surface area is 192 Å². The van der Waals surface area contributed by atoms with Gasteiger partial charge in [0.15, 0.2) is 0 Å². The molecule has 3 aliphatic heterocycles. The second kappa shape index (κ2) is 8.64. The average molecular weight is 467 g/mol. The summed E-state index contributed by atoms with van der Waals surface area (Å²) in [4.78, 5) is 27.3. The molecule has 0 radical (unpaired) electrons. The van der Waals surface area contributed by atoms with Crippen LogP contribution in [-0.2, 0) is 14.3 Å². The van der Waals surface area contributed by atoms with Gasteiger partial charge in [-0.15, -0.1) is 0 Å². The van der Waals surface area contributed by atoms with Gasteiger partial charge in [0.05, 0.1) is 28.2 Å². The number of amides is 2. The fourth-order valence-corrected chi connectivity index (χ4v) is 5.06. The molecule has 4 atom stereocenters. The van der Waals surface area contributed by atoms with Gasteiger partial charge in [-0.25, -0.2) is 4.79 Å². The van der Waals surface area contributed by atoms with E-state index in [4.69, 9.17) is 32.7 Å². The van der Waals surface area contributed by atoms with Gasteiger partial charge in [0.2, 0.25) is 5.91 Å². The number of anilines is 1. The highest BCUT2D eigenvalue weighted by molar-refractivity contribution is 6.42. The third kappa shape index (κ3) is 4.86. The molecule has 4 rings (SSSR count). The van der Waals surface area contributed by atoms with Crippen LogP contribution < -0.4 is 5.32 Å². The smallest absolute Gasteiger partial charge is 0.410 e. The predicted molar refractivity (Wildman–Crippen MR) is 120 cm³/mol. The molecule has 2 saturated heterocycles. The van der Waals surface area contributed by atoms with E-state index < -0.39 is 5.60 Å². The Kier molecular flexibility index (Phi) is 6.25. The molecule has 1 aromatic carbocycles. The summed E-state index contributed by atoms with van der Waals surface area (Å²) >= 11 is 12.1. The summed E-state index contributed by atoms with van der Waals surface area (Å²) < 4.78 is 11.6. The van der Waals surface area contributed by atoms with Gasteiger partial charge in [-0.3, -0.25) is 4.79 Å². The molecule has 31 heavy (non-hydrogen) atoms. The van der Waals surface area contributed by atoms with Gasteiger partial charge in [-0.1, -0.05) is 34.9 Å². The Morgan fingerprint density at radius 2 is 1.90 bits per heavy atom. The highest BCUT2D eigenvalue weighted by atomic mass is 35.5. The van der Waals surface area contributed by atoms with E-state index in [1.165, 1.54) is 5.57 Å². The summed E-state index contributed by atoms with van der Waals surface area (Å²) in [5, 5.41) is 3.83. The molecule has 2 bridgehead atoms. The van der Waals surface area contributed by atoms with Crippen LogP contribution in [0.2, 0.25) is 10.0 Å². The van der Waals surface area contributed by atoms with Gasteiger partial charge in [0.25, 0.3) is 0 Å². The second-order valence-corrected chi connectivity index (χ2v) is 10.2. The van der Waals surface area contributed by atoms with Crippen LogP contribution in [-0.4, -0.2) is 47.8 Å². The quantitative estimate of drug-likeness (QED) is 0.614. The maximum Gasteiger partial charge on any atom is 0.410 e. The summed E-state index contributed by atoms with van der Waals surface area (Å²) in [6.07, 6.45) is 4.29. The Bertz CT molecular complexity index is 911. The zero-order chi connectivity index (χ0) is 22.3. The van der Waals surface area contributed by atoms with E-state index in [9.17, 15) is 9.59 Å². The molecule has 8 heteroatoms. The number of fused-ring (bicyclic) bond motifs is 2. The molecule has 3 heterocycles. The first kappa shape index (κ1) is 22.4. The molecule has 1 N–H and O–H groups in total. The summed E-state index contributed by atoms with van der Waals surface area (Å²) in [5.74, 6) is -0.291. The average Bonchev–Trinajstić information content (AvgIpc) is 3.31. The molecule has 1 aromatic rings. The van der Waals surface area contributed by atoms with Crippen molar-refractivity contribution in [2.45, 2.75) is 57.8 Å². The molecule has 6 nitrogen and oxygen atoms in total. The van der Waals surface area contributed by atoms with Gasteiger partial charge in [-0.05, 0) is 58.2 Å². The summed E-state index contributed by atoms with van der Waals surface area (Å²) in [6, 6.07) is 5.07. The number of hydrogen-bond donors (Lipinski definition) is 1. The van der Waals surface area contributed by atoms with Gasteiger partial charge in [0.1, 0.15) is 5.60 Å². The monoisotopic (exact) mass is 466 g/mol. The van der Waals surface area contributed by atoms with Crippen LogP contribution in [0.5, 0.6) is 0 Å². The summed E-state index contributed by atoms with van der Waals surface area (Å²) in [7, 11) is 0. The van der Waals surface area contributed by atoms with E-state index in [2.05, 4.69) is 11.4 Å². The Balaban J connectivity index is 1.46. The first-order chi connectivity index (χ1) is 14.6. The van der Waals surface area contributed by atoms with E-state index in [1.807, 2.05) is 20.8 Å². The van der Waals surface area contributed by atoms with E-state index in [1.54, 1.807) is 23.1 Å². The SMILES string of the molecule is CC(C)(C)OC(=O)N1CC=C([C@H]2[C@@H](C(=O)Nc3ccc(Cl)c(Cl)c3)[C@H]3CC[C@@H]2O3)CC1. The zero-order valence-corrected chi connectivity index (χ0v) is 19.5. The molecular weight excluding hydrogens is 439 g/mol. The normalized spacial score (nSPS) is 27.8. The third-order valence-electron chi connectivity index (χ3n) is 6.09. The van der Waals surface area contributed by atoms with Crippen LogP contribution in [0.15, 0.2) is 29.8 Å². The molecule has 2 fully saturated rings. The number of carbonyl (C=O) groups excluding carboxylic acids is 2. The number of halogens is 2. The molecule has 0 saturated carbocycles. The van der Waals surface area contributed by atoms with Crippen molar-refractivity contribution < 1.29 is 19.1 Å². The van der Waals surface area contributed by atoms with Gasteiger partial charge >= 0.3 is 6.09 Å². The molecule has 168 valence electrons. The minimum absolute atomic E-state index is 0.0299. The summed E-state index contributed by atoms with van der Waals surface area (Å²) in [6.45, 7) is 6.65. The lowest BCUT2D eigenvalue weighted by molar-refractivity contribution is -0.122. The van der Waals surface area contributed by atoms with E-state index in [-0.39, 0.29) is 36.0 Å². The third-order valence-corrected chi connectivity index (χ3v) is 6.83. The minimum atomic E-state index is -0.521. The van der Waals surface area contributed by atoms with E-state index >= 15 is 0 Å². The van der Waals surface area contributed by atoms with Crippen molar-refractivity contribution in [3.8, 4) is 0 Å². The molecule has 2 amide bonds. The first-order valence-corrected chi connectivity index (χ1v) is 11.5. The molecule has 0 aromatic heterocycles. The molecular formula is C23H28Cl2N2O4. The zero-order valence-electron chi connectivity index (χ0n) is 18.0. The molecule has 0 spiro atoms. The highest BCUT2D eigenvalue weighted by Gasteiger charge is 2.53. The van der Waals surface area contributed by atoms with Crippen molar-refractivity contribution in [3.05, 3.63) is 39.9 Å². The van der Waals surface area contributed by atoms with Crippen molar-refractivity contribution in [2.75, 3.05) is 18.4 Å². The van der Waals surface area contributed by atoms with Crippen LogP contribution in [0, 0.1) is 11.8 Å². The number of nitrogens with zero attached hydrogens (tertiary/aromatic N) is 1. The number of benzene rings is 1. The van der Waals surface area contributed by atoms with Gasteiger partial charge in [-0.2, -0.15) is 0 Å². The van der Waals surface area contributed by atoms with Crippen LogP contribution >= 0.6 is 23.2 Å². The maximum atomic E-state index is 13.2. The Morgan fingerprint density at radius 3 is 2.55 bits per heavy atom. The van der Waals surface area contributed by atoms with Crippen molar-refractivity contribution in [1.82, 2.24) is 4.90 Å². The lowest BCUT2D eigenvalue weighted by Gasteiger charge is -2.34. The van der Waals surface area contributed by atoms with Crippen molar-refractivity contribution in [3.63, 3.8) is 0 Å². The first-order valence-electron chi connectivity index (χ1n) is 10.7. The standard InChI is InChI=1S/C23H28Cl2N2O4/c1-23(2,3)31-22(29)27-10-8-13(9-11-27)19-17-6-7-18(30-17)20(19)21(28)26-14-4-5-15(24)16(25)12-14/h4-5,8,12,17-20H,6-7,9-11H2,1-3H3,(H,26,28)/t17-,18+,19+,20-/m0/s1. The molecule has 0 unspecified atom stereocenters. The van der Waals surface area contributed by atoms with Gasteiger partial charge < -0.3 is 19.7 Å². The van der Waals surface area contributed by atoms with Crippen LogP contribution in [0.1, 0.15) is 40.0 Å². The number of rotatable bonds is 3. The lowest BCUT2D eigenvalue weighted by Crippen LogP contribution is -2.42. The van der Waals surface area contributed by atoms with Crippen LogP contribution in [0.3, 0.4) is 0 Å². The lowest BCUT2D eigenvalue weighted by atomic mass is 9.73. The van der Waals surface area contributed by atoms with Crippen molar-refractivity contribution >= 4 is 40.9 Å². The minimum Gasteiger partial charge on any atom is -0.444 e. The van der Waals surface area contributed by atoms with Crippen molar-refractivity contribution in [2.24, 2.45) is 11.8 Å². The fraction of sp³-hybridized carbons (Fsp3) is 0.565. The molecule has 3 aliphatic rings. The second-order valence-electron chi connectivity index (χ2n) is 9.42. The van der Waals surface area contributed by atoms with E-state index in [0.29, 0.717) is 35.2 Å². The van der Waals surface area contributed by atoms with Crippen LogP contribution in [0.25, 0.3) is 0 Å². The maximum absolute atomic E-state index is 13.2. The fourth-order valence-electron chi connectivity index (χ4n) is 4.76. The Hall–Kier alpha value is -1.76. The van der Waals surface area contributed by atoms with E-state index in [0.717, 1.165) is 12.8 Å². The number of nitrogens with one attached hydrogen (secondary N) is 1. The van der Waals surface area contributed by atoms with Gasteiger partial charge in [0, 0.05) is 24.7 Å². The largest absolute Gasteiger partial charge is 0.444 e. The topological polar surface area (TPSA) is 67.9 Å². The Morgan fingerprint density at radius 1 is 1.16 bits per heavy atom.